The molecule has 2 unspecified atom stereocenters. The van der Waals surface area contributed by atoms with Gasteiger partial charge in [0.25, 0.3) is 0 Å². The van der Waals surface area contributed by atoms with E-state index in [0.717, 1.165) is 12.1 Å². The highest BCUT2D eigenvalue weighted by Crippen LogP contribution is 2.46. The van der Waals surface area contributed by atoms with Crippen molar-refractivity contribution >= 4 is 7.92 Å². The Morgan fingerprint density at radius 3 is 2.00 bits per heavy atom. The number of rotatable bonds is 11. The molecule has 0 aliphatic carbocycles. The number of hydrogen-bond donors (Lipinski definition) is 2. The van der Waals surface area contributed by atoms with E-state index in [1.54, 1.807) is 0 Å². The van der Waals surface area contributed by atoms with Gasteiger partial charge in [0.2, 0.25) is 0 Å². The van der Waals surface area contributed by atoms with Crippen molar-refractivity contribution in [3.8, 4) is 0 Å². The zero-order valence-electron chi connectivity index (χ0n) is 15.0. The summed E-state index contributed by atoms with van der Waals surface area (Å²) in [5, 5.41) is 12.1. The number of nitrogens with two attached hydrogens (primary N) is 1. The van der Waals surface area contributed by atoms with Crippen LogP contribution in [0.15, 0.2) is 6.33 Å². The van der Waals surface area contributed by atoms with Crippen LogP contribution in [0.5, 0.6) is 0 Å². The number of nitrogens with one attached hydrogen (secondary N) is 1. The lowest BCUT2D eigenvalue weighted by atomic mass is 10.1. The SMILES string of the molecule is CCCCP(CCCC)C(CCC)C(N)CC.c1nnn[nH]1. The van der Waals surface area contributed by atoms with Crippen molar-refractivity contribution in [3.05, 3.63) is 6.33 Å². The molecule has 0 saturated heterocycles. The summed E-state index contributed by atoms with van der Waals surface area (Å²) in [4.78, 5) is 0. The van der Waals surface area contributed by atoms with Crippen LogP contribution in [0, 0.1) is 0 Å². The fourth-order valence-corrected chi connectivity index (χ4v) is 6.24. The molecule has 130 valence electrons. The van der Waals surface area contributed by atoms with Gasteiger partial charge in [-0.1, -0.05) is 47.0 Å². The summed E-state index contributed by atoms with van der Waals surface area (Å²) in [6, 6.07) is 0.453. The highest BCUT2D eigenvalue weighted by molar-refractivity contribution is 7.58. The molecule has 0 bridgehead atoms. The Balaban J connectivity index is 0.000000734. The fourth-order valence-electron chi connectivity index (χ4n) is 2.53. The van der Waals surface area contributed by atoms with Crippen LogP contribution in [-0.2, 0) is 0 Å². The van der Waals surface area contributed by atoms with Crippen LogP contribution >= 0.6 is 7.92 Å². The number of aromatic amines is 1. The van der Waals surface area contributed by atoms with Gasteiger partial charge in [-0.15, -0.1) is 13.0 Å². The molecule has 0 saturated carbocycles. The van der Waals surface area contributed by atoms with Crippen molar-refractivity contribution in [3.63, 3.8) is 0 Å². The molecular weight excluding hydrogens is 293 g/mol. The highest BCUT2D eigenvalue weighted by Gasteiger charge is 2.24. The predicted octanol–water partition coefficient (Wildman–Crippen LogP) is 4.17. The van der Waals surface area contributed by atoms with E-state index in [1.165, 1.54) is 57.2 Å². The number of tetrazole rings is 1. The Morgan fingerprint density at radius 1 is 1.05 bits per heavy atom. The lowest BCUT2D eigenvalue weighted by Gasteiger charge is -2.32. The molecule has 2 atom stereocenters. The molecule has 0 aliphatic heterocycles. The third kappa shape index (κ3) is 10.2. The molecule has 22 heavy (non-hydrogen) atoms. The highest BCUT2D eigenvalue weighted by atomic mass is 31.1. The van der Waals surface area contributed by atoms with E-state index >= 15 is 0 Å². The Morgan fingerprint density at radius 2 is 1.68 bits per heavy atom. The average molecular weight is 329 g/mol. The van der Waals surface area contributed by atoms with Gasteiger partial charge in [0.1, 0.15) is 6.33 Å². The molecule has 1 aromatic heterocycles. The number of hydrogen-bond acceptors (Lipinski definition) is 4. The number of H-pyrrole nitrogens is 1. The van der Waals surface area contributed by atoms with E-state index in [-0.39, 0.29) is 7.92 Å². The van der Waals surface area contributed by atoms with Crippen molar-refractivity contribution in [1.29, 1.82) is 0 Å². The van der Waals surface area contributed by atoms with Crippen LogP contribution in [0.25, 0.3) is 0 Å². The average Bonchev–Trinajstić information content (AvgIpc) is 3.12. The summed E-state index contributed by atoms with van der Waals surface area (Å²) < 4.78 is 0. The van der Waals surface area contributed by atoms with Gasteiger partial charge in [-0.3, -0.25) is 0 Å². The van der Waals surface area contributed by atoms with E-state index in [9.17, 15) is 0 Å². The maximum atomic E-state index is 6.36. The predicted molar refractivity (Wildman–Crippen MR) is 97.6 cm³/mol. The summed E-state index contributed by atoms with van der Waals surface area (Å²) in [5.74, 6) is 0. The molecule has 0 aliphatic rings. The summed E-state index contributed by atoms with van der Waals surface area (Å²) in [7, 11) is 0.188. The standard InChI is InChI=1S/C15H34NP.CH2N4/c1-5-9-12-17(13-10-6-2)15(11-7-3)14(16)8-4;1-2-4-5-3-1/h14-15H,5-13,16H2,1-4H3;1H,(H,2,3,4,5). The molecule has 1 aromatic rings. The first-order valence-electron chi connectivity index (χ1n) is 8.87. The van der Waals surface area contributed by atoms with Crippen LogP contribution < -0.4 is 5.73 Å². The van der Waals surface area contributed by atoms with Crippen molar-refractivity contribution in [2.45, 2.75) is 84.3 Å². The monoisotopic (exact) mass is 329 g/mol. The first-order chi connectivity index (χ1) is 10.7. The molecule has 0 amide bonds. The maximum absolute atomic E-state index is 6.36. The van der Waals surface area contributed by atoms with Crippen molar-refractivity contribution < 1.29 is 0 Å². The molecule has 1 heterocycles. The summed E-state index contributed by atoms with van der Waals surface area (Å²) in [5.41, 5.74) is 7.20. The Kier molecular flexibility index (Phi) is 15.0. The van der Waals surface area contributed by atoms with Crippen LogP contribution in [0.2, 0.25) is 0 Å². The van der Waals surface area contributed by atoms with E-state index in [1.807, 2.05) is 0 Å². The first-order valence-corrected chi connectivity index (χ1v) is 10.7. The van der Waals surface area contributed by atoms with Gasteiger partial charge >= 0.3 is 0 Å². The number of unbranched alkanes of at least 4 members (excludes halogenated alkanes) is 2. The summed E-state index contributed by atoms with van der Waals surface area (Å²) >= 11 is 0. The topological polar surface area (TPSA) is 80.5 Å². The molecule has 3 N–H and O–H groups in total. The molecule has 0 radical (unpaired) electrons. The minimum Gasteiger partial charge on any atom is -0.327 e. The van der Waals surface area contributed by atoms with E-state index in [2.05, 4.69) is 48.3 Å². The fraction of sp³-hybridized carbons (Fsp3) is 0.938. The molecule has 0 aromatic carbocycles. The molecule has 5 nitrogen and oxygen atoms in total. The van der Waals surface area contributed by atoms with Crippen LogP contribution in [0.4, 0.5) is 0 Å². The van der Waals surface area contributed by atoms with Gasteiger partial charge in [-0.05, 0) is 54.1 Å². The third-order valence-corrected chi connectivity index (χ3v) is 7.25. The zero-order chi connectivity index (χ0) is 16.6. The van der Waals surface area contributed by atoms with Gasteiger partial charge in [-0.2, -0.15) is 0 Å². The van der Waals surface area contributed by atoms with E-state index < -0.39 is 0 Å². The lowest BCUT2D eigenvalue weighted by Crippen LogP contribution is -2.33. The van der Waals surface area contributed by atoms with E-state index in [4.69, 9.17) is 5.73 Å². The van der Waals surface area contributed by atoms with Crippen LogP contribution in [0.3, 0.4) is 0 Å². The van der Waals surface area contributed by atoms with Crippen LogP contribution in [-0.4, -0.2) is 44.6 Å². The molecular formula is C16H36N5P. The largest absolute Gasteiger partial charge is 0.327 e. The Bertz CT molecular complexity index is 282. The zero-order valence-corrected chi connectivity index (χ0v) is 15.9. The normalized spacial score (nSPS) is 13.5. The van der Waals surface area contributed by atoms with Gasteiger partial charge in [0, 0.05) is 6.04 Å². The Hall–Kier alpha value is -0.540. The van der Waals surface area contributed by atoms with E-state index in [0.29, 0.717) is 6.04 Å². The van der Waals surface area contributed by atoms with Crippen LogP contribution in [0.1, 0.15) is 72.6 Å². The number of aromatic nitrogens is 4. The van der Waals surface area contributed by atoms with Gasteiger partial charge in [0.15, 0.2) is 0 Å². The number of nitrogens with zero attached hydrogens (tertiary/aromatic N) is 3. The third-order valence-electron chi connectivity index (χ3n) is 3.89. The summed E-state index contributed by atoms with van der Waals surface area (Å²) in [6.45, 7) is 9.17. The second kappa shape index (κ2) is 15.4. The lowest BCUT2D eigenvalue weighted by molar-refractivity contribution is 0.568. The molecule has 6 heteroatoms. The minimum absolute atomic E-state index is 0.188. The van der Waals surface area contributed by atoms with Crippen molar-refractivity contribution in [1.82, 2.24) is 20.6 Å². The second-order valence-electron chi connectivity index (χ2n) is 5.73. The molecule has 0 spiro atoms. The minimum atomic E-state index is 0.188. The molecule has 0 fully saturated rings. The van der Waals surface area contributed by atoms with Gasteiger partial charge in [-0.25, -0.2) is 5.10 Å². The van der Waals surface area contributed by atoms with Crippen molar-refractivity contribution in [2.75, 3.05) is 12.3 Å². The quantitative estimate of drug-likeness (QED) is 0.597. The smallest absolute Gasteiger partial charge is 0.135 e. The van der Waals surface area contributed by atoms with Gasteiger partial charge < -0.3 is 5.73 Å². The molecule has 1 rings (SSSR count). The van der Waals surface area contributed by atoms with Gasteiger partial charge in [0.05, 0.1) is 0 Å². The maximum Gasteiger partial charge on any atom is 0.135 e. The Labute approximate surface area is 138 Å². The second-order valence-corrected chi connectivity index (χ2v) is 8.47. The van der Waals surface area contributed by atoms with Crippen molar-refractivity contribution in [2.24, 2.45) is 5.73 Å². The summed E-state index contributed by atoms with van der Waals surface area (Å²) in [6.07, 6.45) is 13.6. The first kappa shape index (κ1) is 21.5.